The summed E-state index contributed by atoms with van der Waals surface area (Å²) in [7, 11) is 0. The van der Waals surface area contributed by atoms with Gasteiger partial charge < -0.3 is 4.74 Å². The number of pyridine rings is 1. The van der Waals surface area contributed by atoms with E-state index in [1.165, 1.54) is 25.1 Å². The second-order valence-electron chi connectivity index (χ2n) is 4.25. The SMILES string of the molecule is CC(=O)c1cc([N+](=O)[O-])ccc1OCc1ccc(Br)cn1. The van der Waals surface area contributed by atoms with E-state index in [1.54, 1.807) is 12.3 Å². The van der Waals surface area contributed by atoms with Crippen LogP contribution in [0, 0.1) is 10.1 Å². The number of non-ortho nitro benzene ring substituents is 1. The molecule has 0 bridgehead atoms. The Hall–Kier alpha value is -2.28. The summed E-state index contributed by atoms with van der Waals surface area (Å²) in [6.07, 6.45) is 1.64. The average Bonchev–Trinajstić information content (AvgIpc) is 2.46. The third-order valence-electron chi connectivity index (χ3n) is 2.72. The lowest BCUT2D eigenvalue weighted by Gasteiger charge is -2.09. The molecule has 7 heteroatoms. The molecule has 0 aliphatic carbocycles. The highest BCUT2D eigenvalue weighted by atomic mass is 79.9. The number of carbonyl (C=O) groups excluding carboxylic acids is 1. The standard InChI is InChI=1S/C14H11BrN2O4/c1-9(18)13-6-12(17(19)20)4-5-14(13)21-8-11-3-2-10(15)7-16-11/h2-7H,8H2,1H3. The fraction of sp³-hybridized carbons (Fsp3) is 0.143. The van der Waals surface area contributed by atoms with Crippen LogP contribution in [0.25, 0.3) is 0 Å². The Bertz CT molecular complexity index is 686. The van der Waals surface area contributed by atoms with E-state index in [0.717, 1.165) is 4.47 Å². The molecule has 1 aromatic carbocycles. The Morgan fingerprint density at radius 1 is 1.38 bits per heavy atom. The van der Waals surface area contributed by atoms with Crippen molar-refractivity contribution in [1.82, 2.24) is 4.98 Å². The Balaban J connectivity index is 2.21. The summed E-state index contributed by atoms with van der Waals surface area (Å²) in [5, 5.41) is 10.7. The van der Waals surface area contributed by atoms with Gasteiger partial charge in [-0.25, -0.2) is 0 Å². The number of rotatable bonds is 5. The Kier molecular flexibility index (Phi) is 4.64. The first kappa shape index (κ1) is 15.1. The molecule has 0 N–H and O–H groups in total. The van der Waals surface area contributed by atoms with Gasteiger partial charge in [0.05, 0.1) is 16.2 Å². The van der Waals surface area contributed by atoms with Crippen LogP contribution in [-0.2, 0) is 6.61 Å². The van der Waals surface area contributed by atoms with Crippen LogP contribution in [0.5, 0.6) is 5.75 Å². The minimum Gasteiger partial charge on any atom is -0.487 e. The third-order valence-corrected chi connectivity index (χ3v) is 3.19. The van der Waals surface area contributed by atoms with Gasteiger partial charge in [0, 0.05) is 22.8 Å². The molecule has 0 radical (unpaired) electrons. The molecule has 21 heavy (non-hydrogen) atoms. The number of nitro groups is 1. The van der Waals surface area contributed by atoms with Crippen molar-refractivity contribution in [3.63, 3.8) is 0 Å². The second kappa shape index (κ2) is 6.45. The molecule has 0 fully saturated rings. The summed E-state index contributed by atoms with van der Waals surface area (Å²) in [6.45, 7) is 1.51. The largest absolute Gasteiger partial charge is 0.487 e. The predicted octanol–water partition coefficient (Wildman–Crippen LogP) is 3.53. The van der Waals surface area contributed by atoms with Crippen molar-refractivity contribution in [1.29, 1.82) is 0 Å². The number of nitro benzene ring substituents is 1. The summed E-state index contributed by atoms with van der Waals surface area (Å²) >= 11 is 3.28. The third kappa shape index (κ3) is 3.85. The topological polar surface area (TPSA) is 82.3 Å². The lowest BCUT2D eigenvalue weighted by atomic mass is 10.1. The van der Waals surface area contributed by atoms with Gasteiger partial charge in [0.25, 0.3) is 5.69 Å². The van der Waals surface area contributed by atoms with E-state index in [0.29, 0.717) is 11.4 Å². The van der Waals surface area contributed by atoms with Crippen molar-refractivity contribution < 1.29 is 14.5 Å². The van der Waals surface area contributed by atoms with E-state index in [9.17, 15) is 14.9 Å². The highest BCUT2D eigenvalue weighted by molar-refractivity contribution is 9.10. The second-order valence-corrected chi connectivity index (χ2v) is 5.17. The van der Waals surface area contributed by atoms with Gasteiger partial charge in [-0.2, -0.15) is 0 Å². The molecule has 108 valence electrons. The summed E-state index contributed by atoms with van der Waals surface area (Å²) < 4.78 is 6.39. The molecule has 2 aromatic rings. The summed E-state index contributed by atoms with van der Waals surface area (Å²) in [4.78, 5) is 25.9. The molecule has 6 nitrogen and oxygen atoms in total. The quantitative estimate of drug-likeness (QED) is 0.468. The Labute approximate surface area is 129 Å². The fourth-order valence-electron chi connectivity index (χ4n) is 1.68. The van der Waals surface area contributed by atoms with Gasteiger partial charge in [0.15, 0.2) is 5.78 Å². The molecule has 0 aliphatic rings. The number of ether oxygens (including phenoxy) is 1. The first-order valence-corrected chi connectivity index (χ1v) is 6.79. The van der Waals surface area contributed by atoms with Crippen molar-refractivity contribution >= 4 is 27.4 Å². The molecule has 0 saturated heterocycles. The van der Waals surface area contributed by atoms with Gasteiger partial charge >= 0.3 is 0 Å². The first-order chi connectivity index (χ1) is 9.97. The van der Waals surface area contributed by atoms with Crippen LogP contribution in [0.15, 0.2) is 41.0 Å². The van der Waals surface area contributed by atoms with Crippen LogP contribution >= 0.6 is 15.9 Å². The number of hydrogen-bond donors (Lipinski definition) is 0. The minimum absolute atomic E-state index is 0.144. The Morgan fingerprint density at radius 2 is 2.14 bits per heavy atom. The van der Waals surface area contributed by atoms with Gasteiger partial charge in [-0.3, -0.25) is 19.9 Å². The number of benzene rings is 1. The summed E-state index contributed by atoms with van der Waals surface area (Å²) in [5.74, 6) is 0.00952. The zero-order chi connectivity index (χ0) is 15.4. The van der Waals surface area contributed by atoms with Gasteiger partial charge in [-0.15, -0.1) is 0 Å². The predicted molar refractivity (Wildman–Crippen MR) is 79.4 cm³/mol. The maximum absolute atomic E-state index is 11.6. The number of halogens is 1. The van der Waals surface area contributed by atoms with Crippen LogP contribution in [0.2, 0.25) is 0 Å². The van der Waals surface area contributed by atoms with E-state index < -0.39 is 4.92 Å². The maximum Gasteiger partial charge on any atom is 0.270 e. The van der Waals surface area contributed by atoms with Gasteiger partial charge in [-0.05, 0) is 41.1 Å². The number of Topliss-reactive ketones (excluding diaryl/α,β-unsaturated/α-hetero) is 1. The number of aromatic nitrogens is 1. The lowest BCUT2D eigenvalue weighted by Crippen LogP contribution is -2.03. The molecule has 0 unspecified atom stereocenters. The van der Waals surface area contributed by atoms with E-state index in [-0.39, 0.29) is 23.6 Å². The maximum atomic E-state index is 11.6. The highest BCUT2D eigenvalue weighted by Gasteiger charge is 2.15. The van der Waals surface area contributed by atoms with Gasteiger partial charge in [0.1, 0.15) is 12.4 Å². The monoisotopic (exact) mass is 350 g/mol. The van der Waals surface area contributed by atoms with Crippen molar-refractivity contribution in [2.24, 2.45) is 0 Å². The molecule has 0 saturated carbocycles. The molecule has 0 atom stereocenters. The summed E-state index contributed by atoms with van der Waals surface area (Å²) in [5.41, 5.74) is 0.724. The number of hydrogen-bond acceptors (Lipinski definition) is 5. The first-order valence-electron chi connectivity index (χ1n) is 6.00. The van der Waals surface area contributed by atoms with Crippen LogP contribution in [-0.4, -0.2) is 15.7 Å². The smallest absolute Gasteiger partial charge is 0.270 e. The van der Waals surface area contributed by atoms with E-state index in [4.69, 9.17) is 4.74 Å². The molecule has 0 spiro atoms. The lowest BCUT2D eigenvalue weighted by molar-refractivity contribution is -0.384. The van der Waals surface area contributed by atoms with E-state index >= 15 is 0 Å². The zero-order valence-corrected chi connectivity index (χ0v) is 12.7. The summed E-state index contributed by atoms with van der Waals surface area (Å²) in [6, 6.07) is 7.55. The normalized spacial score (nSPS) is 10.2. The van der Waals surface area contributed by atoms with Crippen molar-refractivity contribution in [2.75, 3.05) is 0 Å². The van der Waals surface area contributed by atoms with Crippen LogP contribution in [0.1, 0.15) is 23.0 Å². The molecular formula is C14H11BrN2O4. The minimum atomic E-state index is -0.549. The number of nitrogens with zero attached hydrogens (tertiary/aromatic N) is 2. The molecule has 1 heterocycles. The highest BCUT2D eigenvalue weighted by Crippen LogP contribution is 2.25. The van der Waals surface area contributed by atoms with Gasteiger partial charge in [-0.1, -0.05) is 0 Å². The van der Waals surface area contributed by atoms with Crippen molar-refractivity contribution in [2.45, 2.75) is 13.5 Å². The van der Waals surface area contributed by atoms with Crippen molar-refractivity contribution in [3.05, 3.63) is 62.4 Å². The Morgan fingerprint density at radius 3 is 2.71 bits per heavy atom. The number of ketones is 1. The van der Waals surface area contributed by atoms with Gasteiger partial charge in [0.2, 0.25) is 0 Å². The van der Waals surface area contributed by atoms with Crippen molar-refractivity contribution in [3.8, 4) is 5.75 Å². The zero-order valence-electron chi connectivity index (χ0n) is 11.1. The molecule has 0 aliphatic heterocycles. The van der Waals surface area contributed by atoms with E-state index in [2.05, 4.69) is 20.9 Å². The molecular weight excluding hydrogens is 340 g/mol. The van der Waals surface area contributed by atoms with Crippen LogP contribution < -0.4 is 4.74 Å². The molecule has 1 aromatic heterocycles. The fourth-order valence-corrected chi connectivity index (χ4v) is 1.91. The van der Waals surface area contributed by atoms with Crippen LogP contribution in [0.3, 0.4) is 0 Å². The van der Waals surface area contributed by atoms with Crippen LogP contribution in [0.4, 0.5) is 5.69 Å². The number of carbonyl (C=O) groups is 1. The molecule has 0 amide bonds. The molecule has 2 rings (SSSR count). The van der Waals surface area contributed by atoms with E-state index in [1.807, 2.05) is 6.07 Å². The average molecular weight is 351 g/mol.